The molecule has 0 saturated carbocycles. The van der Waals surface area contributed by atoms with E-state index in [-0.39, 0.29) is 17.7 Å². The summed E-state index contributed by atoms with van der Waals surface area (Å²) in [6, 6.07) is 24.7. The van der Waals surface area contributed by atoms with Crippen molar-refractivity contribution in [2.45, 2.75) is 6.10 Å². The number of urea groups is 1. The van der Waals surface area contributed by atoms with Crippen LogP contribution in [0.25, 0.3) is 5.69 Å². The molecule has 3 aromatic carbocycles. The second kappa shape index (κ2) is 10.4. The highest BCUT2D eigenvalue weighted by molar-refractivity contribution is 6.01. The number of nitriles is 1. The van der Waals surface area contributed by atoms with E-state index in [9.17, 15) is 14.7 Å². The van der Waals surface area contributed by atoms with E-state index in [2.05, 4.69) is 16.3 Å². The van der Waals surface area contributed by atoms with Gasteiger partial charge in [0.25, 0.3) is 0 Å². The van der Waals surface area contributed by atoms with Crippen LogP contribution in [0.5, 0.6) is 5.75 Å². The molecule has 2 N–H and O–H groups in total. The number of carboxylic acid groups (broad SMARTS) is 1. The van der Waals surface area contributed by atoms with Crippen LogP contribution >= 0.6 is 0 Å². The number of benzene rings is 3. The second-order valence-electron chi connectivity index (χ2n) is 8.89. The monoisotopic (exact) mass is 507 g/mol. The maximum absolute atomic E-state index is 12.6. The third-order valence-electron chi connectivity index (χ3n) is 6.37. The first kappa shape index (κ1) is 24.5. The van der Waals surface area contributed by atoms with E-state index in [0.717, 1.165) is 5.69 Å². The van der Waals surface area contributed by atoms with Crippen LogP contribution in [-0.4, -0.2) is 47.9 Å². The van der Waals surface area contributed by atoms with Crippen molar-refractivity contribution in [3.63, 3.8) is 0 Å². The first-order valence-corrected chi connectivity index (χ1v) is 12.0. The first-order valence-electron chi connectivity index (χ1n) is 12.0. The van der Waals surface area contributed by atoms with Crippen LogP contribution in [0.3, 0.4) is 0 Å². The molecule has 0 bridgehead atoms. The number of hydrogen-bond donors (Lipinski definition) is 2. The molecule has 9 nitrogen and oxygen atoms in total. The van der Waals surface area contributed by atoms with Gasteiger partial charge in [-0.15, -0.1) is 0 Å². The van der Waals surface area contributed by atoms with E-state index >= 15 is 0 Å². The van der Waals surface area contributed by atoms with E-state index in [0.29, 0.717) is 41.5 Å². The molecule has 0 radical (unpaired) electrons. The molecule has 4 aromatic rings. The summed E-state index contributed by atoms with van der Waals surface area (Å²) < 4.78 is 7.93. The number of carbonyl (C=O) groups excluding carboxylic acids is 1. The van der Waals surface area contributed by atoms with Gasteiger partial charge in [0.05, 0.1) is 41.7 Å². The van der Waals surface area contributed by atoms with Crippen molar-refractivity contribution in [2.75, 3.05) is 35.3 Å². The Morgan fingerprint density at radius 1 is 1.03 bits per heavy atom. The summed E-state index contributed by atoms with van der Waals surface area (Å²) in [5, 5.41) is 21.5. The van der Waals surface area contributed by atoms with Crippen molar-refractivity contribution in [1.29, 1.82) is 5.26 Å². The predicted octanol–water partition coefficient (Wildman–Crippen LogP) is 4.98. The Morgan fingerprint density at radius 2 is 1.74 bits per heavy atom. The lowest BCUT2D eigenvalue weighted by molar-refractivity contribution is 0.0697. The van der Waals surface area contributed by atoms with Gasteiger partial charge in [0, 0.05) is 30.8 Å². The number of carbonyl (C=O) groups is 2. The van der Waals surface area contributed by atoms with Crippen molar-refractivity contribution in [3.8, 4) is 17.5 Å². The number of nitrogens with one attached hydrogen (secondary N) is 1. The highest BCUT2D eigenvalue weighted by atomic mass is 16.5. The van der Waals surface area contributed by atoms with Crippen molar-refractivity contribution in [2.24, 2.45) is 0 Å². The number of aromatic carboxylic acids is 1. The standard InChI is InChI=1S/C29H25N5O4/c1-32(29(37)31-21-7-4-6-20(16-21)17-30)22-10-12-23(13-11-22)38-24-18-34(19-24)26-9-5-8-25(28(35)36)27(26)33-14-2-3-15-33/h2-16,24H,18-19H2,1H3,(H,31,37)(H,35,36). The zero-order chi connectivity index (χ0) is 26.6. The number of rotatable bonds is 7. The Labute approximate surface area is 219 Å². The Kier molecular flexibility index (Phi) is 6.70. The second-order valence-corrected chi connectivity index (χ2v) is 8.89. The molecule has 2 amide bonds. The Morgan fingerprint density at radius 3 is 2.42 bits per heavy atom. The highest BCUT2D eigenvalue weighted by Gasteiger charge is 2.31. The lowest BCUT2D eigenvalue weighted by atomic mass is 10.1. The number of carboxylic acids is 1. The van der Waals surface area contributed by atoms with Crippen molar-refractivity contribution in [1.82, 2.24) is 4.57 Å². The number of anilines is 3. The summed E-state index contributed by atoms with van der Waals surface area (Å²) in [6.45, 7) is 1.23. The average molecular weight is 508 g/mol. The number of amides is 2. The SMILES string of the molecule is CN(C(=O)Nc1cccc(C#N)c1)c1ccc(OC2CN(c3cccc(C(=O)O)c3-n3cccc3)C2)cc1. The highest BCUT2D eigenvalue weighted by Crippen LogP contribution is 2.33. The molecule has 0 aliphatic carbocycles. The van der Waals surface area contributed by atoms with Crippen LogP contribution in [0.15, 0.2) is 91.3 Å². The van der Waals surface area contributed by atoms with Crippen molar-refractivity contribution < 1.29 is 19.4 Å². The lowest BCUT2D eigenvalue weighted by Crippen LogP contribution is -2.54. The molecule has 0 unspecified atom stereocenters. The minimum Gasteiger partial charge on any atom is -0.487 e. The minimum atomic E-state index is -0.974. The number of hydrogen-bond acceptors (Lipinski definition) is 5. The van der Waals surface area contributed by atoms with Gasteiger partial charge in [0.1, 0.15) is 11.9 Å². The molecule has 0 spiro atoms. The zero-order valence-electron chi connectivity index (χ0n) is 20.6. The minimum absolute atomic E-state index is 0.0553. The molecule has 9 heteroatoms. The van der Waals surface area contributed by atoms with Gasteiger partial charge in [0.2, 0.25) is 0 Å². The summed E-state index contributed by atoms with van der Waals surface area (Å²) in [6.07, 6.45) is 3.61. The van der Waals surface area contributed by atoms with Crippen molar-refractivity contribution >= 4 is 29.1 Å². The molecule has 0 atom stereocenters. The first-order chi connectivity index (χ1) is 18.4. The Balaban J connectivity index is 1.21. The fourth-order valence-corrected chi connectivity index (χ4v) is 4.36. The fourth-order valence-electron chi connectivity index (χ4n) is 4.36. The molecule has 38 heavy (non-hydrogen) atoms. The summed E-state index contributed by atoms with van der Waals surface area (Å²) >= 11 is 0. The van der Waals surface area contributed by atoms with E-state index in [4.69, 9.17) is 10.00 Å². The van der Waals surface area contributed by atoms with Crippen molar-refractivity contribution in [3.05, 3.63) is 102 Å². The largest absolute Gasteiger partial charge is 0.487 e. The molecule has 190 valence electrons. The molecule has 5 rings (SSSR count). The normalized spacial score (nSPS) is 12.8. The molecule has 1 aliphatic heterocycles. The van der Waals surface area contributed by atoms with Crippen LogP contribution in [0.2, 0.25) is 0 Å². The molecule has 2 heterocycles. The van der Waals surface area contributed by atoms with Gasteiger partial charge in [-0.25, -0.2) is 9.59 Å². The molecule has 1 aromatic heterocycles. The Bertz CT molecular complexity index is 1500. The molecule has 1 saturated heterocycles. The zero-order valence-corrected chi connectivity index (χ0v) is 20.6. The smallest absolute Gasteiger partial charge is 0.337 e. The fraction of sp³-hybridized carbons (Fsp3) is 0.138. The number of para-hydroxylation sites is 1. The van der Waals surface area contributed by atoms with Gasteiger partial charge >= 0.3 is 12.0 Å². The van der Waals surface area contributed by atoms with E-state index in [1.807, 2.05) is 47.3 Å². The summed E-state index contributed by atoms with van der Waals surface area (Å²) in [4.78, 5) is 28.1. The van der Waals surface area contributed by atoms with E-state index in [1.165, 1.54) is 4.90 Å². The number of nitrogens with zero attached hydrogens (tertiary/aromatic N) is 4. The summed E-state index contributed by atoms with van der Waals surface area (Å²) in [5.74, 6) is -0.294. The number of ether oxygens (including phenoxy) is 1. The van der Waals surface area contributed by atoms with Gasteiger partial charge < -0.3 is 24.6 Å². The van der Waals surface area contributed by atoms with Crippen LogP contribution in [0, 0.1) is 11.3 Å². The van der Waals surface area contributed by atoms with E-state index in [1.54, 1.807) is 55.6 Å². The lowest BCUT2D eigenvalue weighted by Gasteiger charge is -2.41. The molecular formula is C29H25N5O4. The molecular weight excluding hydrogens is 482 g/mol. The topological polar surface area (TPSA) is 111 Å². The Hall–Kier alpha value is -5.23. The van der Waals surface area contributed by atoms with Crippen LogP contribution in [-0.2, 0) is 0 Å². The third kappa shape index (κ3) is 5.01. The molecule has 1 aliphatic rings. The molecule has 1 fully saturated rings. The van der Waals surface area contributed by atoms with Gasteiger partial charge in [-0.1, -0.05) is 12.1 Å². The van der Waals surface area contributed by atoms with Gasteiger partial charge in [-0.3, -0.25) is 4.90 Å². The summed E-state index contributed by atoms with van der Waals surface area (Å²) in [7, 11) is 1.66. The maximum Gasteiger partial charge on any atom is 0.337 e. The van der Waals surface area contributed by atoms with Crippen LogP contribution < -0.4 is 19.9 Å². The van der Waals surface area contributed by atoms with E-state index < -0.39 is 5.97 Å². The maximum atomic E-state index is 12.6. The third-order valence-corrected chi connectivity index (χ3v) is 6.37. The average Bonchev–Trinajstić information content (AvgIpc) is 3.45. The van der Waals surface area contributed by atoms with Crippen LogP contribution in [0.1, 0.15) is 15.9 Å². The quantitative estimate of drug-likeness (QED) is 0.365. The van der Waals surface area contributed by atoms with Gasteiger partial charge in [0.15, 0.2) is 0 Å². The number of aromatic nitrogens is 1. The van der Waals surface area contributed by atoms with Crippen LogP contribution in [0.4, 0.5) is 21.9 Å². The van der Waals surface area contributed by atoms with Gasteiger partial charge in [-0.05, 0) is 66.7 Å². The summed E-state index contributed by atoms with van der Waals surface area (Å²) in [5.41, 5.74) is 3.41. The predicted molar refractivity (Wildman–Crippen MR) is 144 cm³/mol. The van der Waals surface area contributed by atoms with Gasteiger partial charge in [-0.2, -0.15) is 5.26 Å².